The molecule has 0 spiro atoms. The van der Waals surface area contributed by atoms with Crippen molar-refractivity contribution in [3.05, 3.63) is 47.7 Å². The van der Waals surface area contributed by atoms with Gasteiger partial charge in [-0.1, -0.05) is 44.2 Å². The molecule has 3 N–H and O–H groups in total. The SMILES string of the molecule is CC(=O)/C=C(\N)C(=O)NC(C(=O)N1CCC(c2ccccc2)C1)C(C)C. The molecule has 1 aliphatic heterocycles. The van der Waals surface area contributed by atoms with E-state index in [1.165, 1.54) is 12.5 Å². The van der Waals surface area contributed by atoms with Crippen molar-refractivity contribution >= 4 is 17.6 Å². The highest BCUT2D eigenvalue weighted by Gasteiger charge is 2.34. The number of hydrogen-bond acceptors (Lipinski definition) is 4. The summed E-state index contributed by atoms with van der Waals surface area (Å²) in [5.74, 6) is -0.789. The Morgan fingerprint density at radius 2 is 1.88 bits per heavy atom. The second-order valence-electron chi connectivity index (χ2n) is 7.09. The number of nitrogens with zero attached hydrogens (tertiary/aromatic N) is 1. The number of carbonyl (C=O) groups is 3. The maximum absolute atomic E-state index is 12.9. The molecule has 26 heavy (non-hydrogen) atoms. The molecule has 2 rings (SSSR count). The lowest BCUT2D eigenvalue weighted by molar-refractivity contribution is -0.136. The van der Waals surface area contributed by atoms with Crippen LogP contribution in [0.2, 0.25) is 0 Å². The molecule has 2 atom stereocenters. The standard InChI is InChI=1S/C20H27N3O3/c1-13(2)18(22-19(25)17(21)11-14(3)24)20(26)23-10-9-16(12-23)15-7-5-4-6-8-15/h4-8,11,13,16,18H,9-10,12,21H2,1-3H3,(H,22,25)/b17-11-. The molecule has 0 saturated carbocycles. The highest BCUT2D eigenvalue weighted by atomic mass is 16.2. The highest BCUT2D eigenvalue weighted by Crippen LogP contribution is 2.27. The Hall–Kier alpha value is -2.63. The first-order valence-corrected chi connectivity index (χ1v) is 8.92. The maximum Gasteiger partial charge on any atom is 0.267 e. The Labute approximate surface area is 154 Å². The van der Waals surface area contributed by atoms with Crippen molar-refractivity contribution in [3.8, 4) is 0 Å². The third-order valence-electron chi connectivity index (χ3n) is 4.61. The zero-order chi connectivity index (χ0) is 19.3. The molecule has 0 radical (unpaired) electrons. The van der Waals surface area contributed by atoms with Gasteiger partial charge in [0.15, 0.2) is 5.78 Å². The lowest BCUT2D eigenvalue weighted by Gasteiger charge is -2.27. The van der Waals surface area contributed by atoms with Crippen molar-refractivity contribution in [3.63, 3.8) is 0 Å². The lowest BCUT2D eigenvalue weighted by atomic mass is 9.98. The molecule has 140 valence electrons. The van der Waals surface area contributed by atoms with Gasteiger partial charge in [0.1, 0.15) is 11.7 Å². The number of rotatable bonds is 6. The number of carbonyl (C=O) groups excluding carboxylic acids is 3. The molecule has 2 unspecified atom stereocenters. The van der Waals surface area contributed by atoms with Crippen LogP contribution < -0.4 is 11.1 Å². The Morgan fingerprint density at radius 3 is 2.46 bits per heavy atom. The number of nitrogens with two attached hydrogens (primary N) is 1. The molecule has 1 aliphatic rings. The van der Waals surface area contributed by atoms with E-state index in [4.69, 9.17) is 5.73 Å². The van der Waals surface area contributed by atoms with Gasteiger partial charge in [-0.3, -0.25) is 14.4 Å². The van der Waals surface area contributed by atoms with Crippen LogP contribution in [0.1, 0.15) is 38.7 Å². The smallest absolute Gasteiger partial charge is 0.267 e. The van der Waals surface area contributed by atoms with Crippen LogP contribution in [0.3, 0.4) is 0 Å². The lowest BCUT2D eigenvalue weighted by Crippen LogP contribution is -2.51. The van der Waals surface area contributed by atoms with Gasteiger partial charge in [-0.25, -0.2) is 0 Å². The molecule has 6 heteroatoms. The number of ketones is 1. The zero-order valence-electron chi connectivity index (χ0n) is 15.6. The summed E-state index contributed by atoms with van der Waals surface area (Å²) < 4.78 is 0. The minimum atomic E-state index is -0.670. The third-order valence-corrected chi connectivity index (χ3v) is 4.61. The fourth-order valence-electron chi connectivity index (χ4n) is 3.18. The topological polar surface area (TPSA) is 92.5 Å². The molecular weight excluding hydrogens is 330 g/mol. The van der Waals surface area contributed by atoms with Crippen molar-refractivity contribution in [2.24, 2.45) is 11.7 Å². The highest BCUT2D eigenvalue weighted by molar-refractivity contribution is 6.01. The van der Waals surface area contributed by atoms with Gasteiger partial charge in [0.25, 0.3) is 5.91 Å². The van der Waals surface area contributed by atoms with Crippen molar-refractivity contribution in [2.45, 2.75) is 39.2 Å². The Kier molecular flexibility index (Phi) is 6.55. The summed E-state index contributed by atoms with van der Waals surface area (Å²) in [5.41, 5.74) is 6.66. The molecule has 1 aromatic rings. The van der Waals surface area contributed by atoms with E-state index in [0.717, 1.165) is 12.5 Å². The summed E-state index contributed by atoms with van der Waals surface area (Å²) in [6.45, 7) is 6.37. The summed E-state index contributed by atoms with van der Waals surface area (Å²) in [7, 11) is 0. The van der Waals surface area contributed by atoms with E-state index < -0.39 is 11.9 Å². The van der Waals surface area contributed by atoms with Gasteiger partial charge in [0.05, 0.1) is 0 Å². The van der Waals surface area contributed by atoms with Crippen LogP contribution in [0.25, 0.3) is 0 Å². The van der Waals surface area contributed by atoms with Crippen LogP contribution in [0.5, 0.6) is 0 Å². The van der Waals surface area contributed by atoms with Gasteiger partial charge >= 0.3 is 0 Å². The Balaban J connectivity index is 2.05. The third kappa shape index (κ3) is 4.94. The van der Waals surface area contributed by atoms with Gasteiger partial charge in [-0.2, -0.15) is 0 Å². The Morgan fingerprint density at radius 1 is 1.23 bits per heavy atom. The Bertz CT molecular complexity index is 698. The van der Waals surface area contributed by atoms with Gasteiger partial charge in [0, 0.05) is 25.1 Å². The summed E-state index contributed by atoms with van der Waals surface area (Å²) in [4.78, 5) is 38.0. The fraction of sp³-hybridized carbons (Fsp3) is 0.450. The number of benzene rings is 1. The van der Waals surface area contributed by atoms with Crippen molar-refractivity contribution in [1.82, 2.24) is 10.2 Å². The molecule has 0 bridgehead atoms. The van der Waals surface area contributed by atoms with Crippen LogP contribution in [0, 0.1) is 5.92 Å². The minimum absolute atomic E-state index is 0.0904. The largest absolute Gasteiger partial charge is 0.394 e. The second kappa shape index (κ2) is 8.65. The maximum atomic E-state index is 12.9. The van der Waals surface area contributed by atoms with Crippen LogP contribution in [-0.4, -0.2) is 41.6 Å². The number of hydrogen-bond donors (Lipinski definition) is 2. The van der Waals surface area contributed by atoms with Crippen molar-refractivity contribution in [2.75, 3.05) is 13.1 Å². The van der Waals surface area contributed by atoms with Gasteiger partial charge in [0.2, 0.25) is 5.91 Å². The summed E-state index contributed by atoms with van der Waals surface area (Å²) in [6.07, 6.45) is 1.97. The number of amides is 2. The predicted molar refractivity (Wildman–Crippen MR) is 100 cm³/mol. The van der Waals surface area contributed by atoms with E-state index in [-0.39, 0.29) is 23.3 Å². The van der Waals surface area contributed by atoms with Gasteiger partial charge in [-0.15, -0.1) is 0 Å². The van der Waals surface area contributed by atoms with E-state index in [9.17, 15) is 14.4 Å². The average Bonchev–Trinajstić information content (AvgIpc) is 3.09. The van der Waals surface area contributed by atoms with Crippen molar-refractivity contribution in [1.29, 1.82) is 0 Å². The predicted octanol–water partition coefficient (Wildman–Crippen LogP) is 1.57. The normalized spacial score (nSPS) is 18.7. The van der Waals surface area contributed by atoms with Crippen LogP contribution in [-0.2, 0) is 14.4 Å². The molecule has 1 aromatic carbocycles. The van der Waals surface area contributed by atoms with Crippen LogP contribution in [0.4, 0.5) is 0 Å². The molecular formula is C20H27N3O3. The molecule has 0 aliphatic carbocycles. The van der Waals surface area contributed by atoms with E-state index in [1.807, 2.05) is 32.0 Å². The second-order valence-corrected chi connectivity index (χ2v) is 7.09. The molecule has 1 fully saturated rings. The summed E-state index contributed by atoms with van der Waals surface area (Å²) in [6, 6.07) is 9.46. The quantitative estimate of drug-likeness (QED) is 0.756. The summed E-state index contributed by atoms with van der Waals surface area (Å²) in [5, 5.41) is 2.68. The molecule has 2 amide bonds. The van der Waals surface area contributed by atoms with Gasteiger partial charge in [-0.05, 0) is 24.8 Å². The molecule has 1 heterocycles. The van der Waals surface area contributed by atoms with E-state index in [1.54, 1.807) is 4.90 Å². The van der Waals surface area contributed by atoms with Crippen molar-refractivity contribution < 1.29 is 14.4 Å². The number of allylic oxidation sites excluding steroid dienone is 1. The first-order chi connectivity index (χ1) is 12.3. The van der Waals surface area contributed by atoms with E-state index in [0.29, 0.717) is 19.0 Å². The zero-order valence-corrected chi connectivity index (χ0v) is 15.6. The van der Waals surface area contributed by atoms with Crippen LogP contribution in [0.15, 0.2) is 42.1 Å². The first kappa shape index (κ1) is 19.7. The minimum Gasteiger partial charge on any atom is -0.394 e. The van der Waals surface area contributed by atoms with E-state index in [2.05, 4.69) is 17.4 Å². The summed E-state index contributed by atoms with van der Waals surface area (Å²) >= 11 is 0. The number of likely N-dealkylation sites (tertiary alicyclic amines) is 1. The first-order valence-electron chi connectivity index (χ1n) is 8.92. The number of nitrogens with one attached hydrogen (secondary N) is 1. The average molecular weight is 357 g/mol. The van der Waals surface area contributed by atoms with E-state index >= 15 is 0 Å². The molecule has 0 aromatic heterocycles. The van der Waals surface area contributed by atoms with Crippen LogP contribution >= 0.6 is 0 Å². The molecule has 6 nitrogen and oxygen atoms in total. The monoisotopic (exact) mass is 357 g/mol. The van der Waals surface area contributed by atoms with Gasteiger partial charge < -0.3 is 16.0 Å². The molecule has 1 saturated heterocycles. The fourth-order valence-corrected chi connectivity index (χ4v) is 3.18.